The molecule has 12 heavy (non-hydrogen) atoms. The van der Waals surface area contributed by atoms with Crippen LogP contribution in [0.15, 0.2) is 0 Å². The van der Waals surface area contributed by atoms with Crippen molar-refractivity contribution in [3.63, 3.8) is 0 Å². The van der Waals surface area contributed by atoms with Gasteiger partial charge >= 0.3 is 5.97 Å². The monoisotopic (exact) mass is 173 g/mol. The Balaban J connectivity index is 3.62. The highest BCUT2D eigenvalue weighted by atomic mass is 16.4. The van der Waals surface area contributed by atoms with E-state index in [1.54, 1.807) is 0 Å². The van der Waals surface area contributed by atoms with Crippen molar-refractivity contribution in [3.05, 3.63) is 0 Å². The van der Waals surface area contributed by atoms with Gasteiger partial charge in [-0.3, -0.25) is 4.79 Å². The molecule has 1 unspecified atom stereocenters. The van der Waals surface area contributed by atoms with E-state index in [-0.39, 0.29) is 5.92 Å². The van der Waals surface area contributed by atoms with Gasteiger partial charge in [0.05, 0.1) is 5.92 Å². The van der Waals surface area contributed by atoms with Gasteiger partial charge in [-0.1, -0.05) is 19.8 Å². The van der Waals surface area contributed by atoms with Crippen molar-refractivity contribution >= 4 is 5.97 Å². The van der Waals surface area contributed by atoms with Gasteiger partial charge in [-0.15, -0.1) is 0 Å². The first kappa shape index (κ1) is 11.4. The first-order valence-electron chi connectivity index (χ1n) is 4.65. The molecule has 0 spiro atoms. The summed E-state index contributed by atoms with van der Waals surface area (Å²) in [5.41, 5.74) is 5.31. The smallest absolute Gasteiger partial charge is 0.306 e. The van der Waals surface area contributed by atoms with E-state index in [2.05, 4.69) is 6.92 Å². The molecule has 0 aliphatic heterocycles. The number of carboxylic acid groups (broad SMARTS) is 1. The minimum Gasteiger partial charge on any atom is -0.481 e. The van der Waals surface area contributed by atoms with Crippen molar-refractivity contribution in [2.75, 3.05) is 6.54 Å². The highest BCUT2D eigenvalue weighted by molar-refractivity contribution is 5.69. The van der Waals surface area contributed by atoms with Gasteiger partial charge in [0, 0.05) is 0 Å². The van der Waals surface area contributed by atoms with E-state index >= 15 is 0 Å². The molecule has 0 aliphatic rings. The van der Waals surface area contributed by atoms with Crippen LogP contribution in [0.5, 0.6) is 0 Å². The minimum atomic E-state index is -0.670. The average molecular weight is 173 g/mol. The number of hydrogen-bond acceptors (Lipinski definition) is 2. The summed E-state index contributed by atoms with van der Waals surface area (Å²) in [5, 5.41) is 8.79. The first-order valence-corrected chi connectivity index (χ1v) is 4.65. The van der Waals surface area contributed by atoms with E-state index in [1.165, 1.54) is 0 Å². The Labute approximate surface area is 74.0 Å². The predicted molar refractivity (Wildman–Crippen MR) is 48.9 cm³/mol. The maximum absolute atomic E-state index is 10.7. The minimum absolute atomic E-state index is 0.173. The summed E-state index contributed by atoms with van der Waals surface area (Å²) < 4.78 is 0. The molecule has 0 aromatic carbocycles. The molecule has 0 radical (unpaired) electrons. The molecule has 0 heterocycles. The summed E-state index contributed by atoms with van der Waals surface area (Å²) in [4.78, 5) is 10.7. The normalized spacial score (nSPS) is 12.8. The molecule has 0 aromatic rings. The second kappa shape index (κ2) is 7.10. The Bertz CT molecular complexity index is 118. The third-order valence-electron chi connectivity index (χ3n) is 2.01. The first-order chi connectivity index (χ1) is 5.72. The van der Waals surface area contributed by atoms with Crippen LogP contribution in [0.4, 0.5) is 0 Å². The standard InChI is InChI=1S/C9H19NO2/c1-2-3-5-8(9(11)12)6-4-7-10/h8H,2-7,10H2,1H3,(H,11,12). The lowest BCUT2D eigenvalue weighted by Crippen LogP contribution is -2.15. The zero-order valence-electron chi connectivity index (χ0n) is 7.75. The van der Waals surface area contributed by atoms with Gasteiger partial charge in [0.1, 0.15) is 0 Å². The van der Waals surface area contributed by atoms with E-state index < -0.39 is 5.97 Å². The molecule has 3 heteroatoms. The van der Waals surface area contributed by atoms with Crippen LogP contribution in [-0.2, 0) is 4.79 Å². The number of rotatable bonds is 7. The molecule has 72 valence electrons. The molecule has 0 amide bonds. The van der Waals surface area contributed by atoms with Gasteiger partial charge in [0.2, 0.25) is 0 Å². The number of nitrogens with two attached hydrogens (primary N) is 1. The average Bonchev–Trinajstić information content (AvgIpc) is 2.04. The summed E-state index contributed by atoms with van der Waals surface area (Å²) in [6.07, 6.45) is 4.41. The zero-order valence-corrected chi connectivity index (χ0v) is 7.75. The van der Waals surface area contributed by atoms with Crippen LogP contribution in [0.2, 0.25) is 0 Å². The van der Waals surface area contributed by atoms with Crippen molar-refractivity contribution in [1.82, 2.24) is 0 Å². The number of aliphatic carboxylic acids is 1. The molecule has 3 N–H and O–H groups in total. The fourth-order valence-corrected chi connectivity index (χ4v) is 1.21. The van der Waals surface area contributed by atoms with Crippen LogP contribution in [0.25, 0.3) is 0 Å². The van der Waals surface area contributed by atoms with E-state index in [0.717, 1.165) is 32.1 Å². The van der Waals surface area contributed by atoms with Gasteiger partial charge in [0.25, 0.3) is 0 Å². The van der Waals surface area contributed by atoms with Crippen molar-refractivity contribution in [1.29, 1.82) is 0 Å². The van der Waals surface area contributed by atoms with Gasteiger partial charge < -0.3 is 10.8 Å². The number of carbonyl (C=O) groups is 1. The summed E-state index contributed by atoms with van der Waals surface area (Å²) in [6.45, 7) is 2.66. The Morgan fingerprint density at radius 3 is 2.42 bits per heavy atom. The molecule has 0 fully saturated rings. The lowest BCUT2D eigenvalue weighted by atomic mass is 9.97. The van der Waals surface area contributed by atoms with Crippen LogP contribution in [0, 0.1) is 5.92 Å². The van der Waals surface area contributed by atoms with Gasteiger partial charge in [-0.05, 0) is 25.8 Å². The Morgan fingerprint density at radius 1 is 1.42 bits per heavy atom. The van der Waals surface area contributed by atoms with Crippen LogP contribution in [0.3, 0.4) is 0 Å². The van der Waals surface area contributed by atoms with Crippen molar-refractivity contribution in [3.8, 4) is 0 Å². The molecule has 0 saturated carbocycles. The second-order valence-electron chi connectivity index (χ2n) is 3.11. The molecule has 0 bridgehead atoms. The molecule has 0 rings (SSSR count). The summed E-state index contributed by atoms with van der Waals surface area (Å²) in [5.74, 6) is -0.842. The SMILES string of the molecule is CCCCC(CCCN)C(=O)O. The fraction of sp³-hybridized carbons (Fsp3) is 0.889. The van der Waals surface area contributed by atoms with Gasteiger partial charge in [0.15, 0.2) is 0 Å². The van der Waals surface area contributed by atoms with Gasteiger partial charge in [-0.25, -0.2) is 0 Å². The largest absolute Gasteiger partial charge is 0.481 e. The van der Waals surface area contributed by atoms with E-state index in [0.29, 0.717) is 6.54 Å². The molecule has 0 saturated heterocycles. The van der Waals surface area contributed by atoms with E-state index in [4.69, 9.17) is 10.8 Å². The maximum atomic E-state index is 10.7. The third kappa shape index (κ3) is 5.13. The Kier molecular flexibility index (Phi) is 6.76. The van der Waals surface area contributed by atoms with Crippen LogP contribution < -0.4 is 5.73 Å². The van der Waals surface area contributed by atoms with Crippen LogP contribution in [-0.4, -0.2) is 17.6 Å². The van der Waals surface area contributed by atoms with Gasteiger partial charge in [-0.2, -0.15) is 0 Å². The maximum Gasteiger partial charge on any atom is 0.306 e. The number of unbranched alkanes of at least 4 members (excludes halogenated alkanes) is 1. The lowest BCUT2D eigenvalue weighted by Gasteiger charge is -2.09. The summed E-state index contributed by atoms with van der Waals surface area (Å²) in [7, 11) is 0. The van der Waals surface area contributed by atoms with Crippen LogP contribution >= 0.6 is 0 Å². The van der Waals surface area contributed by atoms with Crippen molar-refractivity contribution < 1.29 is 9.90 Å². The van der Waals surface area contributed by atoms with Crippen LogP contribution in [0.1, 0.15) is 39.0 Å². The molecule has 1 atom stereocenters. The highest BCUT2D eigenvalue weighted by Gasteiger charge is 2.15. The molecule has 3 nitrogen and oxygen atoms in total. The van der Waals surface area contributed by atoms with Crippen molar-refractivity contribution in [2.24, 2.45) is 11.7 Å². The molecular formula is C9H19NO2. The highest BCUT2D eigenvalue weighted by Crippen LogP contribution is 2.14. The number of hydrogen-bond donors (Lipinski definition) is 2. The van der Waals surface area contributed by atoms with E-state index in [1.807, 2.05) is 0 Å². The number of carboxylic acids is 1. The summed E-state index contributed by atoms with van der Waals surface area (Å²) >= 11 is 0. The molecule has 0 aromatic heterocycles. The quantitative estimate of drug-likeness (QED) is 0.615. The van der Waals surface area contributed by atoms with Crippen molar-refractivity contribution in [2.45, 2.75) is 39.0 Å². The Hall–Kier alpha value is -0.570. The van der Waals surface area contributed by atoms with E-state index in [9.17, 15) is 4.79 Å². The fourth-order valence-electron chi connectivity index (χ4n) is 1.21. The Morgan fingerprint density at radius 2 is 2.00 bits per heavy atom. The molecular weight excluding hydrogens is 154 g/mol. The predicted octanol–water partition coefficient (Wildman–Crippen LogP) is 1.62. The topological polar surface area (TPSA) is 63.3 Å². The summed E-state index contributed by atoms with van der Waals surface area (Å²) in [6, 6.07) is 0. The zero-order chi connectivity index (χ0) is 9.40. The second-order valence-corrected chi connectivity index (χ2v) is 3.11. The molecule has 0 aliphatic carbocycles. The third-order valence-corrected chi connectivity index (χ3v) is 2.01. The lowest BCUT2D eigenvalue weighted by molar-refractivity contribution is -0.142.